The van der Waals surface area contributed by atoms with E-state index < -0.39 is 5.60 Å². The van der Waals surface area contributed by atoms with Crippen LogP contribution in [-0.2, 0) is 18.4 Å². The van der Waals surface area contributed by atoms with Crippen LogP contribution in [0.15, 0.2) is 36.4 Å². The molecule has 1 aromatic carbocycles. The van der Waals surface area contributed by atoms with Gasteiger partial charge in [-0.15, -0.1) is 11.3 Å². The Hall–Kier alpha value is -1.16. The number of rotatable bonds is 3. The fraction of sp³-hybridized carbons (Fsp3) is 0.444. The Morgan fingerprint density at radius 1 is 1.24 bits per heavy atom. The van der Waals surface area contributed by atoms with Gasteiger partial charge in [-0.3, -0.25) is 0 Å². The van der Waals surface area contributed by atoms with Gasteiger partial charge in [0.1, 0.15) is 5.60 Å². The van der Waals surface area contributed by atoms with Crippen LogP contribution in [0.2, 0.25) is 0 Å². The molecular formula is C18H23NOS. The molecule has 2 unspecified atom stereocenters. The second-order valence-corrected chi connectivity index (χ2v) is 7.70. The summed E-state index contributed by atoms with van der Waals surface area (Å²) in [6.07, 6.45) is 2.78. The summed E-state index contributed by atoms with van der Waals surface area (Å²) in [6.45, 7) is 4.53. The molecule has 0 bridgehead atoms. The van der Waals surface area contributed by atoms with Gasteiger partial charge < -0.3 is 10.8 Å². The van der Waals surface area contributed by atoms with E-state index in [1.165, 1.54) is 16.0 Å². The lowest BCUT2D eigenvalue weighted by Crippen LogP contribution is -2.51. The average Bonchev–Trinajstić information content (AvgIpc) is 2.93. The molecule has 21 heavy (non-hydrogen) atoms. The van der Waals surface area contributed by atoms with E-state index in [2.05, 4.69) is 43.3 Å². The van der Waals surface area contributed by atoms with E-state index in [4.69, 9.17) is 5.73 Å². The Kier molecular flexibility index (Phi) is 3.68. The van der Waals surface area contributed by atoms with Crippen LogP contribution >= 0.6 is 11.3 Å². The van der Waals surface area contributed by atoms with E-state index in [9.17, 15) is 5.11 Å². The van der Waals surface area contributed by atoms with E-state index in [1.54, 1.807) is 11.3 Å². The monoisotopic (exact) mass is 301 g/mol. The van der Waals surface area contributed by atoms with E-state index in [1.807, 2.05) is 6.92 Å². The van der Waals surface area contributed by atoms with Crippen LogP contribution in [0.5, 0.6) is 0 Å². The van der Waals surface area contributed by atoms with Gasteiger partial charge in [-0.25, -0.2) is 0 Å². The van der Waals surface area contributed by atoms with E-state index >= 15 is 0 Å². The minimum Gasteiger partial charge on any atom is -0.384 e. The zero-order valence-electron chi connectivity index (χ0n) is 12.7. The zero-order chi connectivity index (χ0) is 15.1. The molecule has 2 aromatic rings. The lowest BCUT2D eigenvalue weighted by molar-refractivity contribution is -0.0776. The normalized spacial score (nSPS) is 24.4. The maximum atomic E-state index is 11.3. The van der Waals surface area contributed by atoms with Gasteiger partial charge in [0.2, 0.25) is 0 Å². The summed E-state index contributed by atoms with van der Waals surface area (Å²) in [5.41, 5.74) is 7.75. The number of hydrogen-bond donors (Lipinski definition) is 2. The van der Waals surface area contributed by atoms with Crippen LogP contribution in [0.4, 0.5) is 0 Å². The highest BCUT2D eigenvalue weighted by atomic mass is 32.1. The van der Waals surface area contributed by atoms with Crippen molar-refractivity contribution in [3.05, 3.63) is 57.3 Å². The standard InChI is InChI=1S/C18H23NOS/c1-13-7-8-16(21-13)17(2,20)18(12-19)10-9-14-5-3-4-6-15(14)11-18/h3-8,20H,9-12,19H2,1-2H3. The molecule has 0 aliphatic heterocycles. The highest BCUT2D eigenvalue weighted by molar-refractivity contribution is 7.12. The van der Waals surface area contributed by atoms with Crippen molar-refractivity contribution >= 4 is 11.3 Å². The van der Waals surface area contributed by atoms with Crippen molar-refractivity contribution in [2.75, 3.05) is 6.54 Å². The van der Waals surface area contributed by atoms with Gasteiger partial charge in [0.05, 0.1) is 0 Å². The molecule has 0 spiro atoms. The van der Waals surface area contributed by atoms with Gasteiger partial charge >= 0.3 is 0 Å². The molecule has 1 aromatic heterocycles. The van der Waals surface area contributed by atoms with Crippen LogP contribution < -0.4 is 5.73 Å². The molecule has 112 valence electrons. The van der Waals surface area contributed by atoms with Crippen molar-refractivity contribution in [2.24, 2.45) is 11.1 Å². The molecule has 1 heterocycles. The van der Waals surface area contributed by atoms with Crippen molar-refractivity contribution in [3.8, 4) is 0 Å². The molecule has 1 aliphatic rings. The third-order valence-corrected chi connectivity index (χ3v) is 6.38. The largest absolute Gasteiger partial charge is 0.384 e. The number of benzene rings is 1. The molecule has 3 N–H and O–H groups in total. The number of aliphatic hydroxyl groups is 1. The summed E-state index contributed by atoms with van der Waals surface area (Å²) in [5, 5.41) is 11.3. The predicted molar refractivity (Wildman–Crippen MR) is 88.6 cm³/mol. The van der Waals surface area contributed by atoms with Gasteiger partial charge in [0.25, 0.3) is 0 Å². The predicted octanol–water partition coefficient (Wildman–Crippen LogP) is 3.40. The van der Waals surface area contributed by atoms with E-state index in [0.29, 0.717) is 6.54 Å². The third-order valence-electron chi connectivity index (χ3n) is 5.16. The first-order chi connectivity index (χ1) is 9.98. The average molecular weight is 301 g/mol. The second-order valence-electron chi connectivity index (χ2n) is 6.41. The van der Waals surface area contributed by atoms with Crippen molar-refractivity contribution in [1.29, 1.82) is 0 Å². The number of thiophene rings is 1. The Labute approximate surface area is 130 Å². The minimum atomic E-state index is -0.881. The molecule has 2 atom stereocenters. The summed E-state index contributed by atoms with van der Waals surface area (Å²) >= 11 is 1.68. The zero-order valence-corrected chi connectivity index (χ0v) is 13.5. The van der Waals surface area contributed by atoms with Gasteiger partial charge in [0.15, 0.2) is 0 Å². The Balaban J connectivity index is 2.02. The summed E-state index contributed by atoms with van der Waals surface area (Å²) in [5.74, 6) is 0. The number of fused-ring (bicyclic) bond motifs is 1. The minimum absolute atomic E-state index is 0.279. The smallest absolute Gasteiger partial charge is 0.103 e. The molecule has 0 radical (unpaired) electrons. The Bertz CT molecular complexity index is 646. The lowest BCUT2D eigenvalue weighted by Gasteiger charge is -2.47. The third kappa shape index (κ3) is 2.33. The van der Waals surface area contributed by atoms with Crippen LogP contribution in [-0.4, -0.2) is 11.7 Å². The highest BCUT2D eigenvalue weighted by Crippen LogP contribution is 2.49. The topological polar surface area (TPSA) is 46.2 Å². The molecule has 0 saturated carbocycles. The first-order valence-corrected chi connectivity index (χ1v) is 8.36. The summed E-state index contributed by atoms with van der Waals surface area (Å²) in [4.78, 5) is 2.26. The fourth-order valence-electron chi connectivity index (χ4n) is 3.55. The molecule has 0 saturated heterocycles. The molecule has 2 nitrogen and oxygen atoms in total. The van der Waals surface area contributed by atoms with Crippen molar-refractivity contribution in [3.63, 3.8) is 0 Å². The molecule has 0 fully saturated rings. The fourth-order valence-corrected chi connectivity index (χ4v) is 4.58. The highest BCUT2D eigenvalue weighted by Gasteiger charge is 2.49. The molecular weight excluding hydrogens is 278 g/mol. The molecule has 0 amide bonds. The Morgan fingerprint density at radius 2 is 1.95 bits per heavy atom. The van der Waals surface area contributed by atoms with Crippen molar-refractivity contribution in [2.45, 2.75) is 38.7 Å². The second kappa shape index (κ2) is 5.24. The maximum Gasteiger partial charge on any atom is 0.103 e. The van der Waals surface area contributed by atoms with Gasteiger partial charge in [-0.2, -0.15) is 0 Å². The van der Waals surface area contributed by atoms with E-state index in [0.717, 1.165) is 24.1 Å². The van der Waals surface area contributed by atoms with Crippen molar-refractivity contribution < 1.29 is 5.11 Å². The van der Waals surface area contributed by atoms with Gasteiger partial charge in [0, 0.05) is 21.7 Å². The molecule has 3 rings (SSSR count). The van der Waals surface area contributed by atoms with Gasteiger partial charge in [-0.05, 0) is 56.4 Å². The van der Waals surface area contributed by atoms with Gasteiger partial charge in [-0.1, -0.05) is 24.3 Å². The number of nitrogens with two attached hydrogens (primary N) is 1. The first-order valence-electron chi connectivity index (χ1n) is 7.55. The van der Waals surface area contributed by atoms with Crippen molar-refractivity contribution in [1.82, 2.24) is 0 Å². The van der Waals surface area contributed by atoms with Crippen LogP contribution in [0.3, 0.4) is 0 Å². The quantitative estimate of drug-likeness (QED) is 0.912. The molecule has 1 aliphatic carbocycles. The number of aryl methyl sites for hydroxylation is 2. The lowest BCUT2D eigenvalue weighted by atomic mass is 9.62. The van der Waals surface area contributed by atoms with Crippen LogP contribution in [0, 0.1) is 12.3 Å². The first kappa shape index (κ1) is 14.8. The Morgan fingerprint density at radius 3 is 2.57 bits per heavy atom. The summed E-state index contributed by atoms with van der Waals surface area (Å²) in [6, 6.07) is 12.7. The molecule has 3 heteroatoms. The van der Waals surface area contributed by atoms with Crippen LogP contribution in [0.25, 0.3) is 0 Å². The summed E-state index contributed by atoms with van der Waals surface area (Å²) in [7, 11) is 0. The SMILES string of the molecule is Cc1ccc(C(C)(O)C2(CN)CCc3ccccc3C2)s1. The van der Waals surface area contributed by atoms with Crippen LogP contribution in [0.1, 0.15) is 34.2 Å². The summed E-state index contributed by atoms with van der Waals surface area (Å²) < 4.78 is 0. The maximum absolute atomic E-state index is 11.3. The number of hydrogen-bond acceptors (Lipinski definition) is 3. The van der Waals surface area contributed by atoms with E-state index in [-0.39, 0.29) is 5.41 Å².